The number of thiophene rings is 1. The van der Waals surface area contributed by atoms with Crippen molar-refractivity contribution in [3.63, 3.8) is 0 Å². The van der Waals surface area contributed by atoms with Crippen molar-refractivity contribution in [3.8, 4) is 22.6 Å². The highest BCUT2D eigenvalue weighted by atomic mass is 32.1. The Balaban J connectivity index is 1.38. The zero-order valence-corrected chi connectivity index (χ0v) is 41.0. The highest BCUT2D eigenvalue weighted by molar-refractivity contribution is 7.26. The number of ether oxygens (including phenoxy) is 2. The molecule has 0 radical (unpaired) electrons. The van der Waals surface area contributed by atoms with Crippen LogP contribution in [0.15, 0.2) is 103 Å². The molecule has 7 aromatic rings. The molecule has 1 aromatic heterocycles. The van der Waals surface area contributed by atoms with Crippen molar-refractivity contribution in [2.24, 2.45) is 0 Å². The van der Waals surface area contributed by atoms with Gasteiger partial charge in [0.1, 0.15) is 0 Å². The SMILES string of the molecule is Cc1cc(C(C)(C)C)cc(C)c1N1c2cc(C(C)C)cc3c2B(c2cc4c(cc2N3c2ccc(C(C)(C)C)cc2-c2ccccc2)OCCCO4)c2c1sc1ccc(C(C)(C)C)cc21. The van der Waals surface area contributed by atoms with Crippen molar-refractivity contribution in [2.45, 2.75) is 119 Å². The molecule has 64 heavy (non-hydrogen) atoms. The van der Waals surface area contributed by atoms with Gasteiger partial charge in [0.2, 0.25) is 0 Å². The Morgan fingerprint density at radius 2 is 1.17 bits per heavy atom. The zero-order chi connectivity index (χ0) is 45.2. The molecule has 4 heterocycles. The van der Waals surface area contributed by atoms with E-state index in [0.29, 0.717) is 13.2 Å². The van der Waals surface area contributed by atoms with Crippen LogP contribution in [0.4, 0.5) is 33.4 Å². The van der Waals surface area contributed by atoms with Crippen LogP contribution in [0.25, 0.3) is 21.2 Å². The van der Waals surface area contributed by atoms with Gasteiger partial charge < -0.3 is 19.3 Å². The van der Waals surface area contributed by atoms with Gasteiger partial charge in [0, 0.05) is 39.8 Å². The van der Waals surface area contributed by atoms with Crippen molar-refractivity contribution in [1.29, 1.82) is 0 Å². The van der Waals surface area contributed by atoms with Gasteiger partial charge in [-0.3, -0.25) is 0 Å². The van der Waals surface area contributed by atoms with E-state index in [1.54, 1.807) is 0 Å². The van der Waals surface area contributed by atoms with Crippen LogP contribution in [-0.2, 0) is 16.2 Å². The zero-order valence-electron chi connectivity index (χ0n) is 40.2. The maximum absolute atomic E-state index is 6.61. The van der Waals surface area contributed by atoms with Gasteiger partial charge in [-0.25, -0.2) is 0 Å². The molecule has 10 rings (SSSR count). The van der Waals surface area contributed by atoms with Gasteiger partial charge in [0.15, 0.2) is 11.5 Å². The fourth-order valence-corrected chi connectivity index (χ4v) is 11.5. The quantitative estimate of drug-likeness (QED) is 0.165. The van der Waals surface area contributed by atoms with Crippen LogP contribution in [0, 0.1) is 13.8 Å². The monoisotopic (exact) mass is 862 g/mol. The number of hydrogen-bond donors (Lipinski definition) is 0. The molecule has 6 aromatic carbocycles. The van der Waals surface area contributed by atoms with Crippen LogP contribution in [-0.4, -0.2) is 19.9 Å². The van der Waals surface area contributed by atoms with Crippen molar-refractivity contribution in [3.05, 3.63) is 137 Å². The molecule has 0 bridgehead atoms. The summed E-state index contributed by atoms with van der Waals surface area (Å²) < 4.78 is 14.5. The Morgan fingerprint density at radius 1 is 0.578 bits per heavy atom. The summed E-state index contributed by atoms with van der Waals surface area (Å²) in [4.78, 5) is 5.25. The Kier molecular flexibility index (Phi) is 10.00. The first kappa shape index (κ1) is 42.5. The van der Waals surface area contributed by atoms with Gasteiger partial charge in [-0.05, 0) is 133 Å². The molecule has 6 heteroatoms. The van der Waals surface area contributed by atoms with Gasteiger partial charge in [0.25, 0.3) is 6.71 Å². The second-order valence-corrected chi connectivity index (χ2v) is 23.0. The van der Waals surface area contributed by atoms with Crippen LogP contribution in [0.1, 0.15) is 122 Å². The first-order chi connectivity index (χ1) is 30.3. The van der Waals surface area contributed by atoms with Gasteiger partial charge in [0.05, 0.1) is 29.6 Å². The molecule has 0 saturated heterocycles. The summed E-state index contributed by atoms with van der Waals surface area (Å²) >= 11 is 1.94. The average Bonchev–Trinajstić information content (AvgIpc) is 3.45. The second kappa shape index (κ2) is 15.1. The number of rotatable bonds is 4. The number of hydrogen-bond acceptors (Lipinski definition) is 5. The number of nitrogens with zero attached hydrogens (tertiary/aromatic N) is 2. The molecule has 0 saturated carbocycles. The third kappa shape index (κ3) is 6.94. The lowest BCUT2D eigenvalue weighted by atomic mass is 9.33. The van der Waals surface area contributed by atoms with E-state index < -0.39 is 0 Å². The third-order valence-electron chi connectivity index (χ3n) is 13.9. The van der Waals surface area contributed by atoms with E-state index in [0.717, 1.165) is 29.3 Å². The fraction of sp³-hybridized carbons (Fsp3) is 0.345. The van der Waals surface area contributed by atoms with Gasteiger partial charge >= 0.3 is 0 Å². The van der Waals surface area contributed by atoms with Crippen molar-refractivity contribution in [1.82, 2.24) is 0 Å². The Labute approximate surface area is 386 Å². The predicted octanol–water partition coefficient (Wildman–Crippen LogP) is 14.4. The minimum atomic E-state index is -0.0617. The number of benzene rings is 6. The number of aryl methyl sites for hydroxylation is 2. The first-order valence-corrected chi connectivity index (χ1v) is 24.2. The maximum atomic E-state index is 6.61. The summed E-state index contributed by atoms with van der Waals surface area (Å²) in [7, 11) is 0. The third-order valence-corrected chi connectivity index (χ3v) is 15.0. The van der Waals surface area contributed by atoms with Crippen LogP contribution >= 0.6 is 11.3 Å². The summed E-state index contributed by atoms with van der Waals surface area (Å²) in [5, 5.41) is 2.63. The first-order valence-electron chi connectivity index (χ1n) is 23.4. The van der Waals surface area contributed by atoms with Crippen LogP contribution in [0.3, 0.4) is 0 Å². The van der Waals surface area contributed by atoms with Crippen molar-refractivity contribution >= 4 is 78.0 Å². The molecule has 0 N–H and O–H groups in total. The lowest BCUT2D eigenvalue weighted by Crippen LogP contribution is -2.61. The van der Waals surface area contributed by atoms with Crippen molar-refractivity contribution < 1.29 is 9.47 Å². The molecule has 0 spiro atoms. The molecular weight excluding hydrogens is 800 g/mol. The van der Waals surface area contributed by atoms with E-state index in [4.69, 9.17) is 9.47 Å². The second-order valence-electron chi connectivity index (χ2n) is 22.0. The van der Waals surface area contributed by atoms with Gasteiger partial charge in [-0.15, -0.1) is 11.3 Å². The summed E-state index contributed by atoms with van der Waals surface area (Å²) in [5.74, 6) is 1.93. The molecule has 0 unspecified atom stereocenters. The maximum Gasteiger partial charge on any atom is 0.254 e. The molecule has 3 aliphatic rings. The fourth-order valence-electron chi connectivity index (χ4n) is 10.3. The van der Waals surface area contributed by atoms with Crippen molar-refractivity contribution in [2.75, 3.05) is 23.0 Å². The number of anilines is 6. The highest BCUT2D eigenvalue weighted by Gasteiger charge is 2.47. The normalized spacial score (nSPS) is 14.8. The lowest BCUT2D eigenvalue weighted by molar-refractivity contribution is 0.297. The van der Waals surface area contributed by atoms with E-state index >= 15 is 0 Å². The molecular formula is C58H63BN2O2S. The molecule has 3 aliphatic heterocycles. The summed E-state index contributed by atoms with van der Waals surface area (Å²) in [6.45, 7) is 31.4. The van der Waals surface area contributed by atoms with Crippen LogP contribution in [0.5, 0.6) is 11.5 Å². The largest absolute Gasteiger partial charge is 0.490 e. The molecule has 326 valence electrons. The highest BCUT2D eigenvalue weighted by Crippen LogP contribution is 2.53. The smallest absolute Gasteiger partial charge is 0.254 e. The molecule has 4 nitrogen and oxygen atoms in total. The van der Waals surface area contributed by atoms with E-state index in [9.17, 15) is 0 Å². The van der Waals surface area contributed by atoms with Gasteiger partial charge in [-0.2, -0.15) is 0 Å². The van der Waals surface area contributed by atoms with Crippen LogP contribution in [0.2, 0.25) is 0 Å². The average molecular weight is 863 g/mol. The Bertz CT molecular complexity index is 2970. The van der Waals surface area contributed by atoms with E-state index in [1.165, 1.54) is 93.0 Å². The number of fused-ring (bicyclic) bond motifs is 7. The molecule has 0 amide bonds. The van der Waals surface area contributed by atoms with E-state index in [-0.39, 0.29) is 28.9 Å². The summed E-state index contributed by atoms with van der Waals surface area (Å²) in [6, 6.07) is 39.9. The minimum absolute atomic E-state index is 0.0145. The minimum Gasteiger partial charge on any atom is -0.490 e. The molecule has 0 fully saturated rings. The molecule has 0 aliphatic carbocycles. The summed E-state index contributed by atoms with van der Waals surface area (Å²) in [6.07, 6.45) is 0.845. The van der Waals surface area contributed by atoms with E-state index in [1.807, 2.05) is 11.3 Å². The standard InChI is InChI=1S/C58H63BN2O2S/c1-34(2)38-28-47-53-48(29-38)61(54-35(3)26-41(27-36(54)4)58(11,12)13)55-52(43-31-40(57(8,9)10)21-23-51(43)64-55)59(53)44-32-49-50(63-25-17-24-62-49)33-46(44)60(47)45-22-20-39(56(5,6)7)30-42(45)37-18-15-14-16-19-37/h14-16,18-23,26-34H,17,24-25H2,1-13H3. The van der Waals surface area contributed by atoms with Crippen LogP contribution < -0.4 is 35.7 Å². The van der Waals surface area contributed by atoms with E-state index in [2.05, 4.69) is 203 Å². The van der Waals surface area contributed by atoms with Gasteiger partial charge in [-0.1, -0.05) is 137 Å². The molecule has 0 atom stereocenters. The Hall–Kier alpha value is -5.46. The Morgan fingerprint density at radius 3 is 1.80 bits per heavy atom. The lowest BCUT2D eigenvalue weighted by Gasteiger charge is -2.45. The topological polar surface area (TPSA) is 24.9 Å². The predicted molar refractivity (Wildman–Crippen MR) is 277 cm³/mol. The summed E-state index contributed by atoms with van der Waals surface area (Å²) in [5.41, 5.74) is 20.3.